The van der Waals surface area contributed by atoms with Crippen LogP contribution in [0.25, 0.3) is 0 Å². The number of nitrogens with zero attached hydrogens (tertiary/aromatic N) is 1. The van der Waals surface area contributed by atoms with E-state index in [0.717, 1.165) is 37.7 Å². The maximum Gasteiger partial charge on any atom is 0.294 e. The molecule has 1 aliphatic carbocycles. The van der Waals surface area contributed by atoms with Gasteiger partial charge in [-0.3, -0.25) is 14.5 Å². The van der Waals surface area contributed by atoms with Crippen LogP contribution in [0.1, 0.15) is 51.5 Å². The third-order valence-electron chi connectivity index (χ3n) is 5.41. The highest BCUT2D eigenvalue weighted by molar-refractivity contribution is 6.31. The lowest BCUT2D eigenvalue weighted by Gasteiger charge is -2.35. The summed E-state index contributed by atoms with van der Waals surface area (Å²) >= 11 is 6.21. The van der Waals surface area contributed by atoms with E-state index in [-0.39, 0.29) is 23.3 Å². The first-order valence-corrected chi connectivity index (χ1v) is 9.39. The van der Waals surface area contributed by atoms with E-state index in [2.05, 4.69) is 0 Å². The zero-order chi connectivity index (χ0) is 18.1. The predicted octanol–water partition coefficient (Wildman–Crippen LogP) is 4.60. The first-order chi connectivity index (χ1) is 12.0. The molecule has 0 aromatic heterocycles. The Hall–Kier alpha value is -1.81. The summed E-state index contributed by atoms with van der Waals surface area (Å²) < 4.78 is 0. The Kier molecular flexibility index (Phi) is 5.19. The van der Waals surface area contributed by atoms with Gasteiger partial charge in [0.2, 0.25) is 0 Å². The fraction of sp³-hybridized carbons (Fsp3) is 0.500. The van der Waals surface area contributed by atoms with Crippen LogP contribution >= 0.6 is 11.6 Å². The van der Waals surface area contributed by atoms with Gasteiger partial charge in [-0.25, -0.2) is 0 Å². The van der Waals surface area contributed by atoms with E-state index < -0.39 is 11.7 Å². The van der Waals surface area contributed by atoms with Gasteiger partial charge in [0.15, 0.2) is 11.5 Å². The van der Waals surface area contributed by atoms with E-state index in [1.807, 2.05) is 13.0 Å². The van der Waals surface area contributed by atoms with Gasteiger partial charge in [0.05, 0.1) is 11.6 Å². The summed E-state index contributed by atoms with van der Waals surface area (Å²) in [4.78, 5) is 26.6. The van der Waals surface area contributed by atoms with Gasteiger partial charge >= 0.3 is 0 Å². The minimum absolute atomic E-state index is 0.196. The minimum atomic E-state index is -0.481. The summed E-state index contributed by atoms with van der Waals surface area (Å²) in [6.07, 6.45) is 6.05. The summed E-state index contributed by atoms with van der Waals surface area (Å²) in [5.74, 6) is -0.906. The minimum Gasteiger partial charge on any atom is -0.503 e. The van der Waals surface area contributed by atoms with Crippen LogP contribution in [0.4, 0.5) is 5.69 Å². The summed E-state index contributed by atoms with van der Waals surface area (Å²) in [6.45, 7) is 3.43. The number of anilines is 1. The van der Waals surface area contributed by atoms with Gasteiger partial charge in [-0.2, -0.15) is 0 Å². The first kappa shape index (κ1) is 18.0. The highest BCUT2D eigenvalue weighted by Gasteiger charge is 2.46. The molecule has 4 nitrogen and oxygen atoms in total. The maximum atomic E-state index is 12.8. The smallest absolute Gasteiger partial charge is 0.294 e. The van der Waals surface area contributed by atoms with Crippen molar-refractivity contribution >= 4 is 29.0 Å². The number of hydrogen-bond acceptors (Lipinski definition) is 3. The lowest BCUT2D eigenvalue weighted by molar-refractivity contribution is -0.117. The lowest BCUT2D eigenvalue weighted by Crippen LogP contribution is -2.42. The molecule has 1 heterocycles. The number of hydrogen-bond donors (Lipinski definition) is 1. The molecule has 1 atom stereocenters. The van der Waals surface area contributed by atoms with Crippen molar-refractivity contribution in [3.63, 3.8) is 0 Å². The number of aliphatic hydroxyl groups is 1. The number of ketones is 1. The number of rotatable bonds is 4. The zero-order valence-electron chi connectivity index (χ0n) is 14.7. The van der Waals surface area contributed by atoms with Crippen molar-refractivity contribution in [3.05, 3.63) is 40.1 Å². The third-order valence-corrected chi connectivity index (χ3v) is 5.78. The van der Waals surface area contributed by atoms with E-state index >= 15 is 0 Å². The third kappa shape index (κ3) is 3.20. The second kappa shape index (κ2) is 7.20. The first-order valence-electron chi connectivity index (χ1n) is 9.01. The van der Waals surface area contributed by atoms with E-state index in [1.165, 1.54) is 13.3 Å². The molecule has 1 aromatic carbocycles. The lowest BCUT2D eigenvalue weighted by atomic mass is 9.80. The molecule has 5 heteroatoms. The topological polar surface area (TPSA) is 57.6 Å². The predicted molar refractivity (Wildman–Crippen MR) is 99.0 cm³/mol. The number of aliphatic hydroxyl groups excluding tert-OH is 1. The second-order valence-corrected chi connectivity index (χ2v) is 7.37. The van der Waals surface area contributed by atoms with Crippen LogP contribution in [-0.4, -0.2) is 22.8 Å². The van der Waals surface area contributed by atoms with Crippen LogP contribution < -0.4 is 4.90 Å². The molecule has 0 bridgehead atoms. The Bertz CT molecular complexity index is 734. The van der Waals surface area contributed by atoms with Crippen molar-refractivity contribution in [2.75, 3.05) is 4.90 Å². The van der Waals surface area contributed by atoms with Crippen LogP contribution in [0.15, 0.2) is 29.5 Å². The molecule has 1 amide bonds. The number of benzene rings is 1. The van der Waals surface area contributed by atoms with Crippen LogP contribution in [0.5, 0.6) is 0 Å². The van der Waals surface area contributed by atoms with Crippen molar-refractivity contribution in [2.24, 2.45) is 5.92 Å². The number of halogens is 1. The fourth-order valence-corrected chi connectivity index (χ4v) is 4.41. The molecule has 1 aromatic rings. The van der Waals surface area contributed by atoms with Gasteiger partial charge in [0.1, 0.15) is 0 Å². The highest BCUT2D eigenvalue weighted by Crippen LogP contribution is 2.40. The number of amides is 1. The molecule has 1 saturated carbocycles. The van der Waals surface area contributed by atoms with Gasteiger partial charge < -0.3 is 5.11 Å². The van der Waals surface area contributed by atoms with E-state index in [4.69, 9.17) is 11.6 Å². The molecule has 0 unspecified atom stereocenters. The molecule has 0 saturated heterocycles. The van der Waals surface area contributed by atoms with Crippen molar-refractivity contribution in [3.8, 4) is 0 Å². The van der Waals surface area contributed by atoms with E-state index in [1.54, 1.807) is 17.0 Å². The van der Waals surface area contributed by atoms with Crippen molar-refractivity contribution in [1.82, 2.24) is 0 Å². The van der Waals surface area contributed by atoms with Crippen LogP contribution in [-0.2, 0) is 16.0 Å². The Morgan fingerprint density at radius 1 is 1.28 bits per heavy atom. The average Bonchev–Trinajstić information content (AvgIpc) is 2.88. The van der Waals surface area contributed by atoms with Crippen LogP contribution in [0, 0.1) is 5.92 Å². The molecule has 0 spiro atoms. The molecule has 134 valence electrons. The molecule has 1 N–H and O–H groups in total. The maximum absolute atomic E-state index is 12.8. The standard InChI is InChI=1S/C20H24ClNO3/c1-3-13-11-15(9-10-16(13)21)22-18(14-7-5-4-6-8-14)17(12(2)23)19(24)20(22)25/h9-11,14,18,24H,3-8H2,1-2H3/t18-/m1/s1. The van der Waals surface area contributed by atoms with Gasteiger partial charge in [-0.15, -0.1) is 0 Å². The highest BCUT2D eigenvalue weighted by atomic mass is 35.5. The summed E-state index contributed by atoms with van der Waals surface area (Å²) in [5, 5.41) is 11.0. The van der Waals surface area contributed by atoms with Gasteiger partial charge in [-0.1, -0.05) is 37.8 Å². The van der Waals surface area contributed by atoms with Gasteiger partial charge in [-0.05, 0) is 55.9 Å². The van der Waals surface area contributed by atoms with E-state index in [0.29, 0.717) is 10.7 Å². The SMILES string of the molecule is CCc1cc(N2C(=O)C(O)=C(C(C)=O)[C@H]2C2CCCCC2)ccc1Cl. The van der Waals surface area contributed by atoms with Crippen molar-refractivity contribution in [1.29, 1.82) is 0 Å². The molecular formula is C20H24ClNO3. The van der Waals surface area contributed by atoms with Crippen molar-refractivity contribution < 1.29 is 14.7 Å². The van der Waals surface area contributed by atoms with Gasteiger partial charge in [0, 0.05) is 10.7 Å². The summed E-state index contributed by atoms with van der Waals surface area (Å²) in [5.41, 5.74) is 1.92. The molecule has 0 radical (unpaired) electrons. The van der Waals surface area contributed by atoms with Crippen LogP contribution in [0.3, 0.4) is 0 Å². The quantitative estimate of drug-likeness (QED) is 0.852. The molecule has 3 rings (SSSR count). The molecule has 2 aliphatic rings. The Balaban J connectivity index is 2.07. The summed E-state index contributed by atoms with van der Waals surface area (Å²) in [7, 11) is 0. The zero-order valence-corrected chi connectivity index (χ0v) is 15.5. The molecule has 25 heavy (non-hydrogen) atoms. The Morgan fingerprint density at radius 2 is 1.96 bits per heavy atom. The average molecular weight is 362 g/mol. The van der Waals surface area contributed by atoms with Gasteiger partial charge in [0.25, 0.3) is 5.91 Å². The van der Waals surface area contributed by atoms with Crippen molar-refractivity contribution in [2.45, 2.75) is 58.4 Å². The largest absolute Gasteiger partial charge is 0.503 e. The normalized spacial score (nSPS) is 22.0. The monoisotopic (exact) mass is 361 g/mol. The molecule has 1 aliphatic heterocycles. The number of aryl methyl sites for hydroxylation is 1. The molecule has 1 fully saturated rings. The second-order valence-electron chi connectivity index (χ2n) is 6.97. The Morgan fingerprint density at radius 3 is 2.56 bits per heavy atom. The fourth-order valence-electron chi connectivity index (χ4n) is 4.16. The number of Topliss-reactive ketones (excluding diaryl/α,β-unsaturated/α-hetero) is 1. The Labute approximate surface area is 153 Å². The summed E-state index contributed by atoms with van der Waals surface area (Å²) in [6, 6.07) is 5.10. The van der Waals surface area contributed by atoms with Crippen LogP contribution in [0.2, 0.25) is 5.02 Å². The van der Waals surface area contributed by atoms with E-state index in [9.17, 15) is 14.7 Å². The molecular weight excluding hydrogens is 338 g/mol. The number of carbonyl (C=O) groups excluding carboxylic acids is 2. The number of carbonyl (C=O) groups is 2.